The summed E-state index contributed by atoms with van der Waals surface area (Å²) in [6.07, 6.45) is 3.82. The number of carbonyl (C=O) groups is 3. The molecule has 3 aliphatic rings. The molecule has 3 heterocycles. The number of fused-ring (bicyclic) bond motifs is 6. The zero-order valence-corrected chi connectivity index (χ0v) is 20.4. The third-order valence-corrected chi connectivity index (χ3v) is 8.10. The molecule has 0 aromatic heterocycles. The van der Waals surface area contributed by atoms with E-state index in [9.17, 15) is 14.4 Å². The first-order valence-corrected chi connectivity index (χ1v) is 12.6. The molecule has 2 saturated heterocycles. The number of amides is 2. The number of nitrogens with zero attached hydrogens (tertiary/aromatic N) is 2. The maximum absolute atomic E-state index is 14.1. The van der Waals surface area contributed by atoms with Gasteiger partial charge in [0.1, 0.15) is 6.04 Å². The summed E-state index contributed by atoms with van der Waals surface area (Å²) in [6.45, 7) is 0. The van der Waals surface area contributed by atoms with Crippen LogP contribution < -0.4 is 4.90 Å². The van der Waals surface area contributed by atoms with Crippen LogP contribution in [0.3, 0.4) is 0 Å². The Labute approximate surface area is 218 Å². The van der Waals surface area contributed by atoms with E-state index in [4.69, 9.17) is 11.6 Å². The van der Waals surface area contributed by atoms with Crippen molar-refractivity contribution >= 4 is 51.7 Å². The van der Waals surface area contributed by atoms with E-state index in [0.29, 0.717) is 16.3 Å². The predicted octanol–water partition coefficient (Wildman–Crippen LogP) is 5.89. The SMILES string of the molecule is O=C(c1ccc(Cl)cc1)[C@@H]1[C@@H]2C(=O)N(c3ccc4ccccc4c3)C(=O)[C@@H]2[C@H]2c3ccccc3C=CN12. The van der Waals surface area contributed by atoms with Crippen LogP contribution >= 0.6 is 11.6 Å². The number of benzene rings is 4. The Balaban J connectivity index is 1.37. The molecule has 0 N–H and O–H groups in total. The number of carbonyl (C=O) groups excluding carboxylic acids is 3. The fraction of sp³-hybridized carbons (Fsp3) is 0.129. The van der Waals surface area contributed by atoms with Gasteiger partial charge in [-0.25, -0.2) is 4.90 Å². The Kier molecular flexibility index (Phi) is 4.85. The van der Waals surface area contributed by atoms with Gasteiger partial charge in [0.15, 0.2) is 5.78 Å². The van der Waals surface area contributed by atoms with Crippen molar-refractivity contribution in [3.05, 3.63) is 119 Å². The summed E-state index contributed by atoms with van der Waals surface area (Å²) < 4.78 is 0. The third-order valence-electron chi connectivity index (χ3n) is 7.85. The number of halogens is 1. The molecule has 4 aromatic carbocycles. The van der Waals surface area contributed by atoms with E-state index in [1.54, 1.807) is 24.3 Å². The monoisotopic (exact) mass is 504 g/mol. The summed E-state index contributed by atoms with van der Waals surface area (Å²) in [4.78, 5) is 45.3. The molecule has 3 aliphatic heterocycles. The number of Topliss-reactive ketones (excluding diaryl/α,β-unsaturated/α-hetero) is 1. The molecular formula is C31H21ClN2O3. The number of anilines is 1. The fourth-order valence-corrected chi connectivity index (χ4v) is 6.34. The van der Waals surface area contributed by atoms with Gasteiger partial charge in [0.05, 0.1) is 23.6 Å². The minimum absolute atomic E-state index is 0.195. The summed E-state index contributed by atoms with van der Waals surface area (Å²) in [5.41, 5.74) is 2.94. The molecule has 2 amide bonds. The first-order chi connectivity index (χ1) is 18.0. The number of rotatable bonds is 3. The van der Waals surface area contributed by atoms with Gasteiger partial charge in [0.25, 0.3) is 0 Å². The van der Waals surface area contributed by atoms with Crippen molar-refractivity contribution < 1.29 is 14.4 Å². The molecule has 2 fully saturated rings. The topological polar surface area (TPSA) is 57.7 Å². The highest BCUT2D eigenvalue weighted by atomic mass is 35.5. The standard InChI is InChI=1S/C31H21ClN2O3/c32-22-12-9-20(10-13-22)29(35)28-26-25(27-24-8-4-3-6-19(24)15-16-33(27)28)30(36)34(31(26)37)23-14-11-18-5-1-2-7-21(18)17-23/h1-17,25-28H/t25-,26+,27+,28-/m0/s1. The number of ketones is 1. The molecule has 7 rings (SSSR count). The molecule has 0 aliphatic carbocycles. The van der Waals surface area contributed by atoms with E-state index in [-0.39, 0.29) is 17.6 Å². The van der Waals surface area contributed by atoms with E-state index in [1.807, 2.05) is 83.9 Å². The molecule has 5 nitrogen and oxygen atoms in total. The van der Waals surface area contributed by atoms with E-state index < -0.39 is 23.9 Å². The Morgan fingerprint density at radius 2 is 1.46 bits per heavy atom. The highest BCUT2D eigenvalue weighted by molar-refractivity contribution is 6.30. The van der Waals surface area contributed by atoms with Crippen molar-refractivity contribution in [1.82, 2.24) is 4.90 Å². The van der Waals surface area contributed by atoms with Crippen LogP contribution in [-0.4, -0.2) is 28.5 Å². The molecule has 0 spiro atoms. The van der Waals surface area contributed by atoms with Gasteiger partial charge >= 0.3 is 0 Å². The molecule has 4 aromatic rings. The quantitative estimate of drug-likeness (QED) is 0.258. The van der Waals surface area contributed by atoms with Crippen LogP contribution in [0.2, 0.25) is 5.02 Å². The second kappa shape index (κ2) is 8.15. The smallest absolute Gasteiger partial charge is 0.240 e. The predicted molar refractivity (Wildman–Crippen MR) is 143 cm³/mol. The molecular weight excluding hydrogens is 484 g/mol. The summed E-state index contributed by atoms with van der Waals surface area (Å²) in [7, 11) is 0. The average Bonchev–Trinajstić information content (AvgIpc) is 3.40. The lowest BCUT2D eigenvalue weighted by Gasteiger charge is -2.35. The molecule has 0 saturated carbocycles. The van der Waals surface area contributed by atoms with Crippen molar-refractivity contribution in [1.29, 1.82) is 0 Å². The maximum Gasteiger partial charge on any atom is 0.240 e. The highest BCUT2D eigenvalue weighted by Crippen LogP contribution is 2.53. The number of hydrogen-bond acceptors (Lipinski definition) is 4. The second-order valence-corrected chi connectivity index (χ2v) is 10.2. The lowest BCUT2D eigenvalue weighted by molar-refractivity contribution is -0.123. The zero-order chi connectivity index (χ0) is 25.3. The van der Waals surface area contributed by atoms with Crippen LogP contribution in [0.5, 0.6) is 0 Å². The Morgan fingerprint density at radius 1 is 0.757 bits per heavy atom. The van der Waals surface area contributed by atoms with Gasteiger partial charge in [-0.3, -0.25) is 14.4 Å². The Hall–Kier alpha value is -4.22. The van der Waals surface area contributed by atoms with Crippen molar-refractivity contribution in [3.8, 4) is 0 Å². The maximum atomic E-state index is 14.1. The van der Waals surface area contributed by atoms with Crippen LogP contribution in [0.1, 0.15) is 27.5 Å². The lowest BCUT2D eigenvalue weighted by atomic mass is 9.83. The summed E-state index contributed by atoms with van der Waals surface area (Å²) in [5, 5.41) is 2.50. The molecule has 4 atom stereocenters. The van der Waals surface area contributed by atoms with E-state index in [2.05, 4.69) is 0 Å². The number of imide groups is 1. The van der Waals surface area contributed by atoms with Gasteiger partial charge < -0.3 is 4.90 Å². The highest BCUT2D eigenvalue weighted by Gasteiger charge is 2.64. The van der Waals surface area contributed by atoms with Gasteiger partial charge in [-0.2, -0.15) is 0 Å². The largest absolute Gasteiger partial charge is 0.358 e. The normalized spacial score (nSPS) is 23.8. The summed E-state index contributed by atoms with van der Waals surface area (Å²) in [5.74, 6) is -2.27. The fourth-order valence-electron chi connectivity index (χ4n) is 6.21. The second-order valence-electron chi connectivity index (χ2n) is 9.75. The molecule has 180 valence electrons. The van der Waals surface area contributed by atoms with Crippen molar-refractivity contribution in [3.63, 3.8) is 0 Å². The Bertz CT molecular complexity index is 1640. The van der Waals surface area contributed by atoms with Gasteiger partial charge in [0, 0.05) is 16.8 Å². The van der Waals surface area contributed by atoms with Crippen LogP contribution in [0.15, 0.2) is 97.2 Å². The van der Waals surface area contributed by atoms with Gasteiger partial charge in [-0.15, -0.1) is 0 Å². The minimum Gasteiger partial charge on any atom is -0.358 e. The summed E-state index contributed by atoms with van der Waals surface area (Å²) in [6, 6.07) is 26.8. The average molecular weight is 505 g/mol. The third kappa shape index (κ3) is 3.20. The van der Waals surface area contributed by atoms with Crippen LogP contribution in [0.25, 0.3) is 16.8 Å². The minimum atomic E-state index is -0.803. The van der Waals surface area contributed by atoms with Crippen LogP contribution in [0.4, 0.5) is 5.69 Å². The van der Waals surface area contributed by atoms with Crippen molar-refractivity contribution in [2.24, 2.45) is 11.8 Å². The van der Waals surface area contributed by atoms with E-state index in [1.165, 1.54) is 4.90 Å². The number of hydrogen-bond donors (Lipinski definition) is 0. The summed E-state index contributed by atoms with van der Waals surface area (Å²) >= 11 is 6.06. The van der Waals surface area contributed by atoms with E-state index in [0.717, 1.165) is 21.9 Å². The molecule has 37 heavy (non-hydrogen) atoms. The van der Waals surface area contributed by atoms with Gasteiger partial charge in [0.2, 0.25) is 11.8 Å². The van der Waals surface area contributed by atoms with Gasteiger partial charge in [-0.1, -0.05) is 66.2 Å². The molecule has 0 unspecified atom stereocenters. The van der Waals surface area contributed by atoms with Crippen LogP contribution in [0, 0.1) is 11.8 Å². The van der Waals surface area contributed by atoms with Gasteiger partial charge in [-0.05, 0) is 64.4 Å². The first-order valence-electron chi connectivity index (χ1n) is 12.2. The molecule has 0 radical (unpaired) electrons. The van der Waals surface area contributed by atoms with Crippen molar-refractivity contribution in [2.45, 2.75) is 12.1 Å². The lowest BCUT2D eigenvalue weighted by Crippen LogP contribution is -2.44. The Morgan fingerprint density at radius 3 is 2.27 bits per heavy atom. The first kappa shape index (κ1) is 22.0. The molecule has 0 bridgehead atoms. The molecule has 6 heteroatoms. The van der Waals surface area contributed by atoms with E-state index >= 15 is 0 Å². The van der Waals surface area contributed by atoms with Crippen LogP contribution in [-0.2, 0) is 9.59 Å². The zero-order valence-electron chi connectivity index (χ0n) is 19.6. The van der Waals surface area contributed by atoms with Crippen molar-refractivity contribution in [2.75, 3.05) is 4.90 Å².